The average molecular weight is 330 g/mol. The van der Waals surface area contributed by atoms with E-state index < -0.39 is 5.91 Å². The van der Waals surface area contributed by atoms with E-state index in [0.717, 1.165) is 26.1 Å². The molecule has 0 bridgehead atoms. The van der Waals surface area contributed by atoms with Gasteiger partial charge in [0.1, 0.15) is 0 Å². The van der Waals surface area contributed by atoms with Crippen LogP contribution in [0.15, 0.2) is 24.3 Å². The van der Waals surface area contributed by atoms with E-state index in [0.29, 0.717) is 17.2 Å². The van der Waals surface area contributed by atoms with Gasteiger partial charge < -0.3 is 20.9 Å². The quantitative estimate of drug-likeness (QED) is 0.887. The number of rotatable bonds is 4. The number of carbonyl (C=O) groups is 2. The molecule has 1 atom stereocenters. The molecule has 2 aliphatic rings. The first-order chi connectivity index (χ1) is 11.6. The highest BCUT2D eigenvalue weighted by Crippen LogP contribution is 2.21. The maximum atomic E-state index is 12.4. The van der Waals surface area contributed by atoms with Crippen LogP contribution in [0.3, 0.4) is 0 Å². The minimum atomic E-state index is -0.492. The van der Waals surface area contributed by atoms with Gasteiger partial charge in [-0.25, -0.2) is 4.79 Å². The van der Waals surface area contributed by atoms with E-state index in [1.54, 1.807) is 24.3 Å². The van der Waals surface area contributed by atoms with Crippen molar-refractivity contribution in [3.05, 3.63) is 29.8 Å². The fourth-order valence-corrected chi connectivity index (χ4v) is 3.63. The van der Waals surface area contributed by atoms with Crippen LogP contribution in [0.5, 0.6) is 0 Å². The Morgan fingerprint density at radius 2 is 1.96 bits per heavy atom. The maximum Gasteiger partial charge on any atom is 0.321 e. The third-order valence-electron chi connectivity index (χ3n) is 4.94. The summed E-state index contributed by atoms with van der Waals surface area (Å²) in [6.45, 7) is 5.09. The number of benzene rings is 1. The van der Waals surface area contributed by atoms with Gasteiger partial charge in [-0.3, -0.25) is 4.79 Å². The third kappa shape index (κ3) is 4.26. The van der Waals surface area contributed by atoms with E-state index in [9.17, 15) is 9.59 Å². The molecular formula is C18H26N4O2. The Bertz CT molecular complexity index is 598. The number of piperidine rings is 1. The summed E-state index contributed by atoms with van der Waals surface area (Å²) in [4.78, 5) is 28.0. The standard InChI is InChI=1S/C18H26N4O2/c19-17(23)15-5-4-6-16(11-15)20-18(24)22-10-7-14(13-22)12-21-8-2-1-3-9-21/h4-6,11,14H,1-3,7-10,12-13H2,(H2,19,23)(H,20,24). The summed E-state index contributed by atoms with van der Waals surface area (Å²) < 4.78 is 0. The summed E-state index contributed by atoms with van der Waals surface area (Å²) in [6, 6.07) is 6.65. The minimum Gasteiger partial charge on any atom is -0.366 e. The Morgan fingerprint density at radius 3 is 2.71 bits per heavy atom. The number of amides is 3. The van der Waals surface area contributed by atoms with Crippen LogP contribution in [0.1, 0.15) is 36.0 Å². The molecular weight excluding hydrogens is 304 g/mol. The second-order valence-electron chi connectivity index (χ2n) is 6.84. The first-order valence-electron chi connectivity index (χ1n) is 8.80. The van der Waals surface area contributed by atoms with Crippen molar-refractivity contribution in [2.75, 3.05) is 38.0 Å². The fraction of sp³-hybridized carbons (Fsp3) is 0.556. The first-order valence-corrected chi connectivity index (χ1v) is 8.80. The van der Waals surface area contributed by atoms with Crippen LogP contribution < -0.4 is 11.1 Å². The third-order valence-corrected chi connectivity index (χ3v) is 4.94. The molecule has 6 nitrogen and oxygen atoms in total. The zero-order chi connectivity index (χ0) is 16.9. The Labute approximate surface area is 143 Å². The van der Waals surface area contributed by atoms with Gasteiger partial charge in [0.2, 0.25) is 5.91 Å². The molecule has 0 saturated carbocycles. The SMILES string of the molecule is NC(=O)c1cccc(NC(=O)N2CCC(CN3CCCCC3)C2)c1. The zero-order valence-electron chi connectivity index (χ0n) is 14.0. The predicted octanol–water partition coefficient (Wildman–Crippen LogP) is 2.13. The monoisotopic (exact) mass is 330 g/mol. The lowest BCUT2D eigenvalue weighted by Gasteiger charge is -2.29. The van der Waals surface area contributed by atoms with E-state index in [4.69, 9.17) is 5.73 Å². The van der Waals surface area contributed by atoms with Crippen LogP contribution in [0.2, 0.25) is 0 Å². The van der Waals surface area contributed by atoms with Crippen LogP contribution >= 0.6 is 0 Å². The summed E-state index contributed by atoms with van der Waals surface area (Å²) in [6.07, 6.45) is 5.01. The molecule has 2 aliphatic heterocycles. The number of likely N-dealkylation sites (tertiary alicyclic amines) is 2. The molecule has 3 N–H and O–H groups in total. The van der Waals surface area contributed by atoms with Gasteiger partial charge >= 0.3 is 6.03 Å². The molecule has 1 unspecified atom stereocenters. The van der Waals surface area contributed by atoms with Crippen molar-refractivity contribution in [2.45, 2.75) is 25.7 Å². The largest absolute Gasteiger partial charge is 0.366 e. The second-order valence-corrected chi connectivity index (χ2v) is 6.84. The van der Waals surface area contributed by atoms with Crippen molar-refractivity contribution in [1.29, 1.82) is 0 Å². The van der Waals surface area contributed by atoms with Crippen LogP contribution in [0, 0.1) is 5.92 Å². The number of hydrogen-bond acceptors (Lipinski definition) is 3. The van der Waals surface area contributed by atoms with Gasteiger partial charge in [0.15, 0.2) is 0 Å². The van der Waals surface area contributed by atoms with Crippen molar-refractivity contribution >= 4 is 17.6 Å². The molecule has 1 aromatic rings. The van der Waals surface area contributed by atoms with Crippen molar-refractivity contribution in [1.82, 2.24) is 9.80 Å². The topological polar surface area (TPSA) is 78.7 Å². The Hall–Kier alpha value is -2.08. The van der Waals surface area contributed by atoms with Gasteiger partial charge in [0.05, 0.1) is 0 Å². The van der Waals surface area contributed by atoms with Crippen LogP contribution in [0.4, 0.5) is 10.5 Å². The van der Waals surface area contributed by atoms with E-state index in [-0.39, 0.29) is 6.03 Å². The average Bonchev–Trinajstić information content (AvgIpc) is 3.04. The number of nitrogens with one attached hydrogen (secondary N) is 1. The minimum absolute atomic E-state index is 0.0993. The first kappa shape index (κ1) is 16.8. The lowest BCUT2D eigenvalue weighted by molar-refractivity contribution is 0.1000. The van der Waals surface area contributed by atoms with E-state index in [2.05, 4.69) is 10.2 Å². The van der Waals surface area contributed by atoms with E-state index >= 15 is 0 Å². The number of nitrogens with zero attached hydrogens (tertiary/aromatic N) is 2. The van der Waals surface area contributed by atoms with Crippen LogP contribution in [0.25, 0.3) is 0 Å². The Balaban J connectivity index is 1.51. The molecule has 2 heterocycles. The molecule has 24 heavy (non-hydrogen) atoms. The smallest absolute Gasteiger partial charge is 0.321 e. The van der Waals surface area contributed by atoms with Gasteiger partial charge in [0, 0.05) is 30.9 Å². The number of carbonyl (C=O) groups excluding carboxylic acids is 2. The number of anilines is 1. The number of nitrogens with two attached hydrogens (primary N) is 1. The summed E-state index contributed by atoms with van der Waals surface area (Å²) in [5.41, 5.74) is 6.28. The van der Waals surface area contributed by atoms with E-state index in [1.807, 2.05) is 4.90 Å². The number of primary amides is 1. The molecule has 1 aromatic carbocycles. The molecule has 3 rings (SSSR count). The molecule has 0 aliphatic carbocycles. The van der Waals surface area contributed by atoms with Gasteiger partial charge in [-0.05, 0) is 56.5 Å². The second kappa shape index (κ2) is 7.66. The predicted molar refractivity (Wildman–Crippen MR) is 93.9 cm³/mol. The molecule has 0 aromatic heterocycles. The van der Waals surface area contributed by atoms with Crippen molar-refractivity contribution in [3.63, 3.8) is 0 Å². The number of urea groups is 1. The zero-order valence-corrected chi connectivity index (χ0v) is 14.0. The van der Waals surface area contributed by atoms with Crippen molar-refractivity contribution < 1.29 is 9.59 Å². The molecule has 2 fully saturated rings. The number of hydrogen-bond donors (Lipinski definition) is 2. The molecule has 0 radical (unpaired) electrons. The molecule has 0 spiro atoms. The van der Waals surface area contributed by atoms with Crippen molar-refractivity contribution in [2.24, 2.45) is 11.7 Å². The summed E-state index contributed by atoms with van der Waals surface area (Å²) in [5.74, 6) is 0.0691. The highest BCUT2D eigenvalue weighted by molar-refractivity contribution is 5.95. The van der Waals surface area contributed by atoms with Crippen LogP contribution in [-0.4, -0.2) is 54.5 Å². The molecule has 130 valence electrons. The lowest BCUT2D eigenvalue weighted by Crippen LogP contribution is -2.37. The van der Waals surface area contributed by atoms with Gasteiger partial charge in [-0.2, -0.15) is 0 Å². The molecule has 6 heteroatoms. The molecule has 3 amide bonds. The highest BCUT2D eigenvalue weighted by Gasteiger charge is 2.28. The fourth-order valence-electron chi connectivity index (χ4n) is 3.63. The van der Waals surface area contributed by atoms with Gasteiger partial charge in [-0.15, -0.1) is 0 Å². The Morgan fingerprint density at radius 1 is 1.17 bits per heavy atom. The lowest BCUT2D eigenvalue weighted by atomic mass is 10.1. The Kier molecular flexibility index (Phi) is 5.35. The van der Waals surface area contributed by atoms with Crippen LogP contribution in [-0.2, 0) is 0 Å². The normalized spacial score (nSPS) is 21.7. The highest BCUT2D eigenvalue weighted by atomic mass is 16.2. The maximum absolute atomic E-state index is 12.4. The van der Waals surface area contributed by atoms with Gasteiger partial charge in [-0.1, -0.05) is 12.5 Å². The summed E-state index contributed by atoms with van der Waals surface area (Å²) in [7, 11) is 0. The van der Waals surface area contributed by atoms with E-state index in [1.165, 1.54) is 32.4 Å². The van der Waals surface area contributed by atoms with Gasteiger partial charge in [0.25, 0.3) is 0 Å². The van der Waals surface area contributed by atoms with Crippen molar-refractivity contribution in [3.8, 4) is 0 Å². The summed E-state index contributed by atoms with van der Waals surface area (Å²) >= 11 is 0. The molecule has 2 saturated heterocycles. The summed E-state index contributed by atoms with van der Waals surface area (Å²) in [5, 5.41) is 2.87.